The van der Waals surface area contributed by atoms with Crippen LogP contribution in [0.4, 0.5) is 4.39 Å². The maximum atomic E-state index is 13.0. The highest BCUT2D eigenvalue weighted by Gasteiger charge is 2.18. The van der Waals surface area contributed by atoms with Gasteiger partial charge in [-0.1, -0.05) is 12.1 Å². The van der Waals surface area contributed by atoms with E-state index in [4.69, 9.17) is 0 Å². The maximum absolute atomic E-state index is 13.0. The molecule has 0 unspecified atom stereocenters. The third kappa shape index (κ3) is 2.99. The number of halogens is 1. The topological polar surface area (TPSA) is 38.1 Å². The molecule has 0 fully saturated rings. The van der Waals surface area contributed by atoms with Crippen LogP contribution in [0.2, 0.25) is 0 Å². The molecule has 0 spiro atoms. The third-order valence-electron chi connectivity index (χ3n) is 3.88. The second-order valence-corrected chi connectivity index (χ2v) is 6.55. The molecule has 0 radical (unpaired) electrons. The Kier molecular flexibility index (Phi) is 4.17. The van der Waals surface area contributed by atoms with Crippen molar-refractivity contribution in [2.24, 2.45) is 0 Å². The number of nitrogens with zero attached hydrogens (tertiary/aromatic N) is 3. The molecule has 4 nitrogen and oxygen atoms in total. The summed E-state index contributed by atoms with van der Waals surface area (Å²) in [5.41, 5.74) is 1.87. The van der Waals surface area contributed by atoms with Crippen LogP contribution in [0.25, 0.3) is 10.2 Å². The van der Waals surface area contributed by atoms with Gasteiger partial charge in [-0.05, 0) is 37.6 Å². The molecule has 23 heavy (non-hydrogen) atoms. The average molecular weight is 331 g/mol. The fraction of sp³-hybridized carbons (Fsp3) is 0.294. The second-order valence-electron chi connectivity index (χ2n) is 5.52. The first-order valence-corrected chi connectivity index (χ1v) is 8.28. The minimum atomic E-state index is -0.248. The first-order chi connectivity index (χ1) is 11.0. The molecule has 120 valence electrons. The lowest BCUT2D eigenvalue weighted by Crippen LogP contribution is -2.25. The van der Waals surface area contributed by atoms with E-state index in [9.17, 15) is 9.18 Å². The zero-order chi connectivity index (χ0) is 16.6. The van der Waals surface area contributed by atoms with E-state index in [2.05, 4.69) is 5.10 Å². The van der Waals surface area contributed by atoms with E-state index in [0.717, 1.165) is 26.4 Å². The monoisotopic (exact) mass is 331 g/mol. The number of fused-ring (bicyclic) bond motifs is 1. The normalized spacial score (nSPS) is 11.1. The molecule has 0 aliphatic heterocycles. The van der Waals surface area contributed by atoms with E-state index in [-0.39, 0.29) is 11.7 Å². The van der Waals surface area contributed by atoms with Crippen LogP contribution in [0.3, 0.4) is 0 Å². The van der Waals surface area contributed by atoms with Gasteiger partial charge in [0.15, 0.2) is 0 Å². The van der Waals surface area contributed by atoms with Crippen molar-refractivity contribution in [1.82, 2.24) is 14.7 Å². The summed E-state index contributed by atoms with van der Waals surface area (Å²) in [5, 5.41) is 5.55. The fourth-order valence-corrected chi connectivity index (χ4v) is 3.58. The molecule has 6 heteroatoms. The molecule has 0 aliphatic carbocycles. The standard InChI is InChI=1S/C17H18FN3OS/c1-4-20(3)16(22)15-9-14-11(2)19-21(17(14)23-15)10-12-5-7-13(18)8-6-12/h5-9H,4,10H2,1-3H3. The predicted molar refractivity (Wildman–Crippen MR) is 90.5 cm³/mol. The van der Waals surface area contributed by atoms with E-state index >= 15 is 0 Å². The van der Waals surface area contributed by atoms with Crippen molar-refractivity contribution in [3.05, 3.63) is 52.3 Å². The van der Waals surface area contributed by atoms with Gasteiger partial charge in [0.05, 0.1) is 17.1 Å². The SMILES string of the molecule is CCN(C)C(=O)c1cc2c(C)nn(Cc3ccc(F)cc3)c2s1. The van der Waals surface area contributed by atoms with Crippen LogP contribution in [-0.4, -0.2) is 34.2 Å². The highest BCUT2D eigenvalue weighted by Crippen LogP contribution is 2.29. The molecule has 0 saturated carbocycles. The fourth-order valence-electron chi connectivity index (χ4n) is 2.42. The Bertz CT molecular complexity index is 851. The number of benzene rings is 1. The van der Waals surface area contributed by atoms with E-state index in [0.29, 0.717) is 13.1 Å². The van der Waals surface area contributed by atoms with Crippen LogP contribution in [0.15, 0.2) is 30.3 Å². The lowest BCUT2D eigenvalue weighted by molar-refractivity contribution is 0.0807. The summed E-state index contributed by atoms with van der Waals surface area (Å²) in [4.78, 5) is 15.7. The zero-order valence-electron chi connectivity index (χ0n) is 13.3. The Morgan fingerprint density at radius 1 is 1.35 bits per heavy atom. The molecule has 2 aromatic heterocycles. The summed E-state index contributed by atoms with van der Waals surface area (Å²) in [7, 11) is 1.80. The molecule has 0 aliphatic rings. The molecule has 0 atom stereocenters. The van der Waals surface area contributed by atoms with Crippen molar-refractivity contribution < 1.29 is 9.18 Å². The molecule has 0 bridgehead atoms. The lowest BCUT2D eigenvalue weighted by Gasteiger charge is -2.12. The van der Waals surface area contributed by atoms with Gasteiger partial charge in [-0.25, -0.2) is 4.39 Å². The average Bonchev–Trinajstić information content (AvgIpc) is 3.10. The summed E-state index contributed by atoms with van der Waals surface area (Å²) in [6, 6.07) is 8.31. The van der Waals surface area contributed by atoms with Crippen LogP contribution >= 0.6 is 11.3 Å². The van der Waals surface area contributed by atoms with Gasteiger partial charge in [0, 0.05) is 19.0 Å². The lowest BCUT2D eigenvalue weighted by atomic mass is 10.2. The molecular weight excluding hydrogens is 313 g/mol. The van der Waals surface area contributed by atoms with Gasteiger partial charge in [0.25, 0.3) is 5.91 Å². The van der Waals surface area contributed by atoms with Gasteiger partial charge in [-0.3, -0.25) is 9.48 Å². The number of hydrogen-bond donors (Lipinski definition) is 0. The number of rotatable bonds is 4. The number of aromatic nitrogens is 2. The predicted octanol–water partition coefficient (Wildman–Crippen LogP) is 3.69. The minimum absolute atomic E-state index is 0.0291. The smallest absolute Gasteiger partial charge is 0.263 e. The molecule has 2 heterocycles. The van der Waals surface area contributed by atoms with Crippen molar-refractivity contribution in [2.75, 3.05) is 13.6 Å². The highest BCUT2D eigenvalue weighted by molar-refractivity contribution is 7.20. The van der Waals surface area contributed by atoms with Crippen LogP contribution in [0.5, 0.6) is 0 Å². The first kappa shape index (κ1) is 15.7. The van der Waals surface area contributed by atoms with Crippen LogP contribution in [-0.2, 0) is 6.54 Å². The molecule has 3 rings (SSSR count). The Morgan fingerprint density at radius 3 is 2.70 bits per heavy atom. The second kappa shape index (κ2) is 6.12. The Labute approximate surface area is 138 Å². The van der Waals surface area contributed by atoms with Crippen molar-refractivity contribution in [3.63, 3.8) is 0 Å². The summed E-state index contributed by atoms with van der Waals surface area (Å²) >= 11 is 1.45. The van der Waals surface area contributed by atoms with E-state index in [1.807, 2.05) is 24.6 Å². The number of aryl methyl sites for hydroxylation is 1. The van der Waals surface area contributed by atoms with Crippen LogP contribution in [0, 0.1) is 12.7 Å². The van der Waals surface area contributed by atoms with Crippen molar-refractivity contribution in [1.29, 1.82) is 0 Å². The van der Waals surface area contributed by atoms with Gasteiger partial charge >= 0.3 is 0 Å². The highest BCUT2D eigenvalue weighted by atomic mass is 32.1. The Hall–Kier alpha value is -2.21. The number of thiophene rings is 1. The van der Waals surface area contributed by atoms with E-state index in [1.165, 1.54) is 23.5 Å². The Morgan fingerprint density at radius 2 is 2.04 bits per heavy atom. The van der Waals surface area contributed by atoms with Gasteiger partial charge in [0.1, 0.15) is 10.6 Å². The summed E-state index contributed by atoms with van der Waals surface area (Å²) < 4.78 is 14.9. The molecule has 0 N–H and O–H groups in total. The van der Waals surface area contributed by atoms with Crippen molar-refractivity contribution in [3.8, 4) is 0 Å². The van der Waals surface area contributed by atoms with Gasteiger partial charge in [-0.2, -0.15) is 5.10 Å². The van der Waals surface area contributed by atoms with Gasteiger partial charge in [-0.15, -0.1) is 11.3 Å². The zero-order valence-corrected chi connectivity index (χ0v) is 14.2. The van der Waals surface area contributed by atoms with Crippen molar-refractivity contribution >= 4 is 27.5 Å². The minimum Gasteiger partial charge on any atom is -0.341 e. The third-order valence-corrected chi connectivity index (χ3v) is 5.02. The number of amides is 1. The van der Waals surface area contributed by atoms with E-state index in [1.54, 1.807) is 24.1 Å². The summed E-state index contributed by atoms with van der Waals surface area (Å²) in [6.07, 6.45) is 0. The summed E-state index contributed by atoms with van der Waals surface area (Å²) in [6.45, 7) is 5.12. The molecule has 0 saturated heterocycles. The van der Waals surface area contributed by atoms with Crippen LogP contribution < -0.4 is 0 Å². The molecule has 1 aromatic carbocycles. The quantitative estimate of drug-likeness (QED) is 0.731. The van der Waals surface area contributed by atoms with Gasteiger partial charge in [0.2, 0.25) is 0 Å². The number of carbonyl (C=O) groups excluding carboxylic acids is 1. The number of carbonyl (C=O) groups is 1. The van der Waals surface area contributed by atoms with Crippen molar-refractivity contribution in [2.45, 2.75) is 20.4 Å². The Balaban J connectivity index is 1.96. The largest absolute Gasteiger partial charge is 0.341 e. The summed E-state index contributed by atoms with van der Waals surface area (Å²) in [5.74, 6) is -0.219. The van der Waals surface area contributed by atoms with E-state index < -0.39 is 0 Å². The first-order valence-electron chi connectivity index (χ1n) is 7.46. The maximum Gasteiger partial charge on any atom is 0.263 e. The van der Waals surface area contributed by atoms with Crippen LogP contribution in [0.1, 0.15) is 27.9 Å². The molecule has 1 amide bonds. The van der Waals surface area contributed by atoms with Gasteiger partial charge < -0.3 is 4.90 Å². The molecular formula is C17H18FN3OS. The molecule has 3 aromatic rings. The number of hydrogen-bond acceptors (Lipinski definition) is 3.